The molecule has 0 aliphatic carbocycles. The number of hydrogen-bond donors (Lipinski definition) is 2. The fourth-order valence-corrected chi connectivity index (χ4v) is 4.11. The molecule has 0 aliphatic rings. The predicted molar refractivity (Wildman–Crippen MR) is 131 cm³/mol. The first kappa shape index (κ1) is 29.2. The first-order valence-corrected chi connectivity index (χ1v) is 13.4. The molecule has 1 atom stereocenters. The molecule has 0 aromatic rings. The highest BCUT2D eigenvalue weighted by Gasteiger charge is 2.16. The number of aliphatic hydroxyl groups excluding tert-OH is 1. The van der Waals surface area contributed by atoms with Crippen molar-refractivity contribution in [2.45, 2.75) is 123 Å². The van der Waals surface area contributed by atoms with Crippen molar-refractivity contribution in [3.05, 3.63) is 11.5 Å². The zero-order chi connectivity index (χ0) is 22.3. The summed E-state index contributed by atoms with van der Waals surface area (Å²) in [7, 11) is 0. The second kappa shape index (κ2) is 22.9. The van der Waals surface area contributed by atoms with E-state index in [1.807, 2.05) is 5.41 Å². The Balaban J connectivity index is 3.65. The Morgan fingerprint density at radius 3 is 1.83 bits per heavy atom. The van der Waals surface area contributed by atoms with E-state index in [9.17, 15) is 14.7 Å². The van der Waals surface area contributed by atoms with Crippen LogP contribution in [0.3, 0.4) is 0 Å². The second-order valence-corrected chi connectivity index (χ2v) is 9.24. The summed E-state index contributed by atoms with van der Waals surface area (Å²) in [6, 6.07) is -0.484. The van der Waals surface area contributed by atoms with Crippen molar-refractivity contribution in [3.8, 4) is 0 Å². The summed E-state index contributed by atoms with van der Waals surface area (Å²) in [4.78, 5) is 23.7. The Hall–Kier alpha value is -0.810. The number of unbranched alkanes of at least 4 members (excludes halogenated alkanes) is 13. The lowest BCUT2D eigenvalue weighted by molar-refractivity contribution is -0.138. The van der Waals surface area contributed by atoms with Crippen molar-refractivity contribution in [1.82, 2.24) is 5.32 Å². The fourth-order valence-electron chi connectivity index (χ4n) is 3.30. The molecule has 0 saturated heterocycles. The van der Waals surface area contributed by atoms with Gasteiger partial charge in [-0.25, -0.2) is 0 Å². The monoisotopic (exact) mass is 441 g/mol. The number of carbonyl (C=O) groups is 2. The number of nitrogens with one attached hydrogen (secondary N) is 1. The molecule has 30 heavy (non-hydrogen) atoms. The lowest BCUT2D eigenvalue weighted by Crippen LogP contribution is -2.40. The molecule has 2 N–H and O–H groups in total. The van der Waals surface area contributed by atoms with Gasteiger partial charge in [-0.2, -0.15) is 0 Å². The van der Waals surface area contributed by atoms with Gasteiger partial charge >= 0.3 is 0 Å². The maximum Gasteiger partial charge on any atom is 0.287 e. The van der Waals surface area contributed by atoms with Gasteiger partial charge in [0.15, 0.2) is 0 Å². The van der Waals surface area contributed by atoms with Crippen molar-refractivity contribution in [2.75, 3.05) is 12.4 Å². The van der Waals surface area contributed by atoms with Crippen LogP contribution in [0.1, 0.15) is 117 Å². The van der Waals surface area contributed by atoms with Crippen LogP contribution in [0.5, 0.6) is 0 Å². The van der Waals surface area contributed by atoms with E-state index in [-0.39, 0.29) is 12.4 Å². The molecule has 1 unspecified atom stereocenters. The van der Waals surface area contributed by atoms with Crippen LogP contribution < -0.4 is 5.32 Å². The SMILES string of the molecule is CCCCCCCCCCCCCS/C=C/C(CO)NC(=O)C(=O)CCCCCC. The number of carbonyl (C=O) groups excluding carboxylic acids is 2. The molecule has 0 aromatic carbocycles. The normalized spacial score (nSPS) is 12.4. The van der Waals surface area contributed by atoms with Crippen LogP contribution in [0, 0.1) is 0 Å². The minimum absolute atomic E-state index is 0.190. The Morgan fingerprint density at radius 2 is 1.30 bits per heavy atom. The third kappa shape index (κ3) is 19.2. The van der Waals surface area contributed by atoms with E-state index >= 15 is 0 Å². The largest absolute Gasteiger partial charge is 0.394 e. The van der Waals surface area contributed by atoms with Crippen LogP contribution in [0.2, 0.25) is 0 Å². The summed E-state index contributed by atoms with van der Waals surface area (Å²) in [6.07, 6.45) is 20.8. The van der Waals surface area contributed by atoms with Crippen molar-refractivity contribution in [1.29, 1.82) is 0 Å². The van der Waals surface area contributed by atoms with Gasteiger partial charge in [-0.05, 0) is 24.0 Å². The molecule has 5 heteroatoms. The molecule has 0 fully saturated rings. The summed E-state index contributed by atoms with van der Waals surface area (Å²) in [5.74, 6) is 0.0906. The molecule has 0 aromatic heterocycles. The lowest BCUT2D eigenvalue weighted by atomic mass is 10.1. The summed E-state index contributed by atoms with van der Waals surface area (Å²) in [5, 5.41) is 14.0. The molecule has 0 rings (SSSR count). The van der Waals surface area contributed by atoms with Gasteiger partial charge in [0.2, 0.25) is 5.78 Å². The molecule has 0 radical (unpaired) electrons. The highest BCUT2D eigenvalue weighted by atomic mass is 32.2. The number of Topliss-reactive ketones (excluding diaryl/α,β-unsaturated/α-hetero) is 1. The Labute approximate surface area is 190 Å². The number of rotatable bonds is 22. The highest BCUT2D eigenvalue weighted by Crippen LogP contribution is 2.13. The fraction of sp³-hybridized carbons (Fsp3) is 0.840. The van der Waals surface area contributed by atoms with Gasteiger partial charge in [0, 0.05) is 6.42 Å². The second-order valence-electron chi connectivity index (χ2n) is 8.23. The smallest absolute Gasteiger partial charge is 0.287 e. The van der Waals surface area contributed by atoms with E-state index in [0.29, 0.717) is 6.42 Å². The predicted octanol–water partition coefficient (Wildman–Crippen LogP) is 6.56. The van der Waals surface area contributed by atoms with Crippen LogP contribution in [0.25, 0.3) is 0 Å². The van der Waals surface area contributed by atoms with Crippen molar-refractivity contribution in [2.24, 2.45) is 0 Å². The van der Waals surface area contributed by atoms with E-state index in [1.165, 1.54) is 70.6 Å². The summed E-state index contributed by atoms with van der Waals surface area (Å²) >= 11 is 1.70. The lowest BCUT2D eigenvalue weighted by Gasteiger charge is -2.11. The van der Waals surface area contributed by atoms with Gasteiger partial charge in [0.25, 0.3) is 5.91 Å². The molecule has 176 valence electrons. The number of thioether (sulfide) groups is 1. The average Bonchev–Trinajstić information content (AvgIpc) is 2.75. The standard InChI is InChI=1S/C25H47NO3S/c1-3-5-7-9-10-11-12-13-14-15-17-20-30-21-19-23(22-27)26-25(29)24(28)18-16-8-6-4-2/h19,21,23,27H,3-18,20,22H2,1-2H3,(H,26,29)/b21-19+. The maximum atomic E-state index is 11.9. The topological polar surface area (TPSA) is 66.4 Å². The maximum absolute atomic E-state index is 11.9. The first-order valence-electron chi connectivity index (χ1n) is 12.4. The third-order valence-electron chi connectivity index (χ3n) is 5.30. The van der Waals surface area contributed by atoms with Crippen molar-refractivity contribution >= 4 is 23.5 Å². The van der Waals surface area contributed by atoms with Crippen LogP contribution in [0.4, 0.5) is 0 Å². The molecule has 1 amide bonds. The molecular weight excluding hydrogens is 394 g/mol. The Morgan fingerprint density at radius 1 is 0.800 bits per heavy atom. The van der Waals surface area contributed by atoms with Gasteiger partial charge in [-0.15, -0.1) is 11.8 Å². The molecule has 0 spiro atoms. The molecular formula is C25H47NO3S. The van der Waals surface area contributed by atoms with Gasteiger partial charge in [-0.1, -0.05) is 103 Å². The van der Waals surface area contributed by atoms with Crippen LogP contribution >= 0.6 is 11.8 Å². The van der Waals surface area contributed by atoms with Gasteiger partial charge in [-0.3, -0.25) is 9.59 Å². The van der Waals surface area contributed by atoms with Crippen LogP contribution in [-0.4, -0.2) is 35.2 Å². The van der Waals surface area contributed by atoms with Crippen LogP contribution in [-0.2, 0) is 9.59 Å². The van der Waals surface area contributed by atoms with E-state index < -0.39 is 11.9 Å². The number of amides is 1. The van der Waals surface area contributed by atoms with E-state index in [0.717, 1.165) is 31.4 Å². The van der Waals surface area contributed by atoms with E-state index in [4.69, 9.17) is 0 Å². The van der Waals surface area contributed by atoms with Gasteiger partial charge in [0.05, 0.1) is 12.6 Å². The minimum atomic E-state index is -0.578. The Kier molecular flexibility index (Phi) is 22.2. The first-order chi connectivity index (χ1) is 14.7. The zero-order valence-corrected chi connectivity index (χ0v) is 20.4. The third-order valence-corrected chi connectivity index (χ3v) is 6.17. The Bertz CT molecular complexity index is 440. The molecule has 0 bridgehead atoms. The van der Waals surface area contributed by atoms with Gasteiger partial charge in [0.1, 0.15) is 0 Å². The average molecular weight is 442 g/mol. The number of aliphatic hydroxyl groups is 1. The summed E-state index contributed by atoms with van der Waals surface area (Å²) in [5.41, 5.74) is 0. The zero-order valence-electron chi connectivity index (χ0n) is 19.6. The molecule has 4 nitrogen and oxygen atoms in total. The highest BCUT2D eigenvalue weighted by molar-refractivity contribution is 8.02. The summed E-state index contributed by atoms with van der Waals surface area (Å²) in [6.45, 7) is 4.18. The van der Waals surface area contributed by atoms with Gasteiger partial charge < -0.3 is 10.4 Å². The van der Waals surface area contributed by atoms with E-state index in [1.54, 1.807) is 17.8 Å². The molecule has 0 heterocycles. The number of hydrogen-bond acceptors (Lipinski definition) is 4. The van der Waals surface area contributed by atoms with E-state index in [2.05, 4.69) is 19.2 Å². The molecule has 0 saturated carbocycles. The van der Waals surface area contributed by atoms with Crippen molar-refractivity contribution in [3.63, 3.8) is 0 Å². The van der Waals surface area contributed by atoms with Crippen LogP contribution in [0.15, 0.2) is 11.5 Å². The minimum Gasteiger partial charge on any atom is -0.394 e. The summed E-state index contributed by atoms with van der Waals surface area (Å²) < 4.78 is 0. The quantitative estimate of drug-likeness (QED) is 0.147. The van der Waals surface area contributed by atoms with Crippen molar-refractivity contribution < 1.29 is 14.7 Å². The molecule has 0 aliphatic heterocycles. The number of ketones is 1.